The number of alkyl halides is 3. The van der Waals surface area contributed by atoms with Crippen LogP contribution in [0.15, 0.2) is 28.8 Å². The highest BCUT2D eigenvalue weighted by Crippen LogP contribution is 2.32. The molecule has 1 aromatic heterocycles. The largest absolute Gasteiger partial charge is 0.416 e. The molecule has 1 heterocycles. The zero-order chi connectivity index (χ0) is 21.4. The number of aryl methyl sites for hydroxylation is 2. The molecule has 0 aliphatic heterocycles. The fraction of sp³-hybridized carbons (Fsp3) is 0.571. The van der Waals surface area contributed by atoms with E-state index in [0.29, 0.717) is 36.5 Å². The van der Waals surface area contributed by atoms with Gasteiger partial charge in [0, 0.05) is 19.3 Å². The number of nitrogens with zero attached hydrogens (tertiary/aromatic N) is 2. The number of hydrogen-bond donors (Lipinski definition) is 1. The van der Waals surface area contributed by atoms with Crippen LogP contribution in [-0.2, 0) is 23.8 Å². The maximum absolute atomic E-state index is 13.0. The topological polar surface area (TPSA) is 68.0 Å². The van der Waals surface area contributed by atoms with Gasteiger partial charge in [-0.1, -0.05) is 38.1 Å². The lowest BCUT2D eigenvalue weighted by Gasteiger charge is -2.22. The normalized spacial score (nSPS) is 12.9. The SMILES string of the molecule is CCCc1noc(CCCC(=O)NC(CC(C)C)c2cccc(C(F)(F)F)c2)n1. The van der Waals surface area contributed by atoms with E-state index >= 15 is 0 Å². The van der Waals surface area contributed by atoms with Crippen LogP contribution in [0.1, 0.15) is 75.3 Å². The fourth-order valence-corrected chi connectivity index (χ4v) is 3.07. The lowest BCUT2D eigenvalue weighted by atomic mass is 9.95. The van der Waals surface area contributed by atoms with Crippen LogP contribution in [0.5, 0.6) is 0 Å². The summed E-state index contributed by atoms with van der Waals surface area (Å²) in [4.78, 5) is 16.6. The molecule has 0 aliphatic rings. The van der Waals surface area contributed by atoms with E-state index in [2.05, 4.69) is 15.5 Å². The van der Waals surface area contributed by atoms with E-state index in [1.165, 1.54) is 6.07 Å². The zero-order valence-corrected chi connectivity index (χ0v) is 17.1. The Balaban J connectivity index is 1.96. The molecule has 8 heteroatoms. The third-order valence-electron chi connectivity index (χ3n) is 4.44. The Morgan fingerprint density at radius 1 is 1.24 bits per heavy atom. The van der Waals surface area contributed by atoms with Gasteiger partial charge in [-0.15, -0.1) is 0 Å². The minimum Gasteiger partial charge on any atom is -0.349 e. The molecular weight excluding hydrogens is 383 g/mol. The van der Waals surface area contributed by atoms with Gasteiger partial charge in [0.1, 0.15) is 0 Å². The molecule has 1 N–H and O–H groups in total. The number of rotatable bonds is 10. The van der Waals surface area contributed by atoms with E-state index in [9.17, 15) is 18.0 Å². The van der Waals surface area contributed by atoms with E-state index in [1.54, 1.807) is 6.07 Å². The van der Waals surface area contributed by atoms with Crippen molar-refractivity contribution in [1.29, 1.82) is 0 Å². The summed E-state index contributed by atoms with van der Waals surface area (Å²) in [5.41, 5.74) is -0.250. The second-order valence-corrected chi connectivity index (χ2v) is 7.58. The predicted molar refractivity (Wildman–Crippen MR) is 103 cm³/mol. The Hall–Kier alpha value is -2.38. The van der Waals surface area contributed by atoms with E-state index in [0.717, 1.165) is 25.0 Å². The van der Waals surface area contributed by atoms with Gasteiger partial charge in [-0.3, -0.25) is 4.79 Å². The van der Waals surface area contributed by atoms with Gasteiger partial charge in [0.15, 0.2) is 5.82 Å². The van der Waals surface area contributed by atoms with Gasteiger partial charge in [-0.25, -0.2) is 0 Å². The lowest BCUT2D eigenvalue weighted by molar-refractivity contribution is -0.137. The zero-order valence-electron chi connectivity index (χ0n) is 17.1. The minimum absolute atomic E-state index is 0.207. The van der Waals surface area contributed by atoms with Crippen molar-refractivity contribution in [3.8, 4) is 0 Å². The first kappa shape index (κ1) is 22.9. The summed E-state index contributed by atoms with van der Waals surface area (Å²) in [6.07, 6.45) is -0.940. The molecule has 0 aliphatic carbocycles. The lowest BCUT2D eigenvalue weighted by Crippen LogP contribution is -2.29. The highest BCUT2D eigenvalue weighted by atomic mass is 19.4. The van der Waals surface area contributed by atoms with Gasteiger partial charge < -0.3 is 9.84 Å². The molecule has 160 valence electrons. The van der Waals surface area contributed by atoms with Gasteiger partial charge in [0.25, 0.3) is 0 Å². The van der Waals surface area contributed by atoms with Crippen molar-refractivity contribution in [2.45, 2.75) is 71.5 Å². The van der Waals surface area contributed by atoms with Crippen molar-refractivity contribution in [1.82, 2.24) is 15.5 Å². The van der Waals surface area contributed by atoms with Crippen LogP contribution in [0.4, 0.5) is 13.2 Å². The molecule has 1 amide bonds. The van der Waals surface area contributed by atoms with Crippen molar-refractivity contribution < 1.29 is 22.5 Å². The highest BCUT2D eigenvalue weighted by Gasteiger charge is 2.31. The van der Waals surface area contributed by atoms with Gasteiger partial charge in [0.05, 0.1) is 11.6 Å². The molecule has 2 aromatic rings. The van der Waals surface area contributed by atoms with Crippen molar-refractivity contribution in [3.63, 3.8) is 0 Å². The first-order chi connectivity index (χ1) is 13.7. The molecule has 0 bridgehead atoms. The van der Waals surface area contributed by atoms with Gasteiger partial charge >= 0.3 is 6.18 Å². The highest BCUT2D eigenvalue weighted by molar-refractivity contribution is 5.76. The van der Waals surface area contributed by atoms with Crippen molar-refractivity contribution in [2.24, 2.45) is 5.92 Å². The number of carbonyl (C=O) groups is 1. The summed E-state index contributed by atoms with van der Waals surface area (Å²) >= 11 is 0. The number of aromatic nitrogens is 2. The Bertz CT molecular complexity index is 787. The van der Waals surface area contributed by atoms with Crippen LogP contribution in [0.3, 0.4) is 0 Å². The van der Waals surface area contributed by atoms with Crippen LogP contribution >= 0.6 is 0 Å². The summed E-state index contributed by atoms with van der Waals surface area (Å²) in [6, 6.07) is 4.68. The van der Waals surface area contributed by atoms with E-state index in [1.807, 2.05) is 20.8 Å². The fourth-order valence-electron chi connectivity index (χ4n) is 3.07. The Morgan fingerprint density at radius 2 is 2.00 bits per heavy atom. The van der Waals surface area contributed by atoms with Crippen LogP contribution in [0, 0.1) is 5.92 Å². The number of hydrogen-bond acceptors (Lipinski definition) is 4. The number of carbonyl (C=O) groups excluding carboxylic acids is 1. The maximum Gasteiger partial charge on any atom is 0.416 e. The molecule has 2 rings (SSSR count). The molecule has 0 spiro atoms. The number of halogens is 3. The third kappa shape index (κ3) is 7.51. The summed E-state index contributed by atoms with van der Waals surface area (Å²) in [5.74, 6) is 1.16. The molecule has 0 radical (unpaired) electrons. The third-order valence-corrected chi connectivity index (χ3v) is 4.44. The molecule has 1 atom stereocenters. The molecular formula is C21H28F3N3O2. The van der Waals surface area contributed by atoms with Gasteiger partial charge in [0.2, 0.25) is 11.8 Å². The number of amides is 1. The molecule has 5 nitrogen and oxygen atoms in total. The van der Waals surface area contributed by atoms with Crippen LogP contribution in [0.2, 0.25) is 0 Å². The molecule has 29 heavy (non-hydrogen) atoms. The maximum atomic E-state index is 13.0. The van der Waals surface area contributed by atoms with Gasteiger partial charge in [-0.2, -0.15) is 18.2 Å². The first-order valence-electron chi connectivity index (χ1n) is 9.97. The first-order valence-corrected chi connectivity index (χ1v) is 9.97. The van der Waals surface area contributed by atoms with Crippen molar-refractivity contribution in [3.05, 3.63) is 47.1 Å². The minimum atomic E-state index is -4.41. The summed E-state index contributed by atoms with van der Waals surface area (Å²) in [6.45, 7) is 5.96. The Labute approximate surface area is 169 Å². The van der Waals surface area contributed by atoms with E-state index in [-0.39, 0.29) is 18.2 Å². The summed E-state index contributed by atoms with van der Waals surface area (Å²) in [5, 5.41) is 6.76. The second kappa shape index (κ2) is 10.4. The Morgan fingerprint density at radius 3 is 2.66 bits per heavy atom. The second-order valence-electron chi connectivity index (χ2n) is 7.58. The molecule has 0 fully saturated rings. The molecule has 1 unspecified atom stereocenters. The monoisotopic (exact) mass is 411 g/mol. The van der Waals surface area contributed by atoms with Crippen LogP contribution < -0.4 is 5.32 Å². The average Bonchev–Trinajstić information content (AvgIpc) is 3.08. The number of nitrogens with one attached hydrogen (secondary N) is 1. The smallest absolute Gasteiger partial charge is 0.349 e. The quantitative estimate of drug-likeness (QED) is 0.579. The van der Waals surface area contributed by atoms with Crippen molar-refractivity contribution in [2.75, 3.05) is 0 Å². The molecule has 0 saturated heterocycles. The Kier molecular flexibility index (Phi) is 8.22. The van der Waals surface area contributed by atoms with E-state index < -0.39 is 17.8 Å². The average molecular weight is 411 g/mol. The van der Waals surface area contributed by atoms with Crippen LogP contribution in [0.25, 0.3) is 0 Å². The standard InChI is InChI=1S/C21H28F3N3O2/c1-4-7-18-26-20(29-27-18)11-6-10-19(28)25-17(12-14(2)3)15-8-5-9-16(13-15)21(22,23)24/h5,8-9,13-14,17H,4,6-7,10-12H2,1-3H3,(H,25,28). The van der Waals surface area contributed by atoms with Crippen LogP contribution in [-0.4, -0.2) is 16.0 Å². The molecule has 1 aromatic carbocycles. The number of benzene rings is 1. The van der Waals surface area contributed by atoms with Crippen molar-refractivity contribution >= 4 is 5.91 Å². The molecule has 0 saturated carbocycles. The summed E-state index contributed by atoms with van der Waals surface area (Å²) in [7, 11) is 0. The predicted octanol–water partition coefficient (Wildman–Crippen LogP) is 5.27. The van der Waals surface area contributed by atoms with E-state index in [4.69, 9.17) is 4.52 Å². The summed E-state index contributed by atoms with van der Waals surface area (Å²) < 4.78 is 44.2. The van der Waals surface area contributed by atoms with Gasteiger partial charge in [-0.05, 0) is 42.9 Å².